The molecule has 0 saturated heterocycles. The van der Waals surface area contributed by atoms with Crippen LogP contribution in [0.3, 0.4) is 0 Å². The molecule has 0 radical (unpaired) electrons. The van der Waals surface area contributed by atoms with Crippen LogP contribution >= 0.6 is 39.1 Å². The van der Waals surface area contributed by atoms with Crippen molar-refractivity contribution in [3.8, 4) is 22.8 Å². The summed E-state index contributed by atoms with van der Waals surface area (Å²) in [6, 6.07) is 7.62. The second-order valence-electron chi connectivity index (χ2n) is 3.95. The van der Waals surface area contributed by atoms with E-state index in [9.17, 15) is 0 Å². The first-order valence-corrected chi connectivity index (χ1v) is 7.19. The minimum atomic E-state index is 0.287. The van der Waals surface area contributed by atoms with Gasteiger partial charge < -0.3 is 4.98 Å². The van der Waals surface area contributed by atoms with Crippen molar-refractivity contribution in [3.63, 3.8) is 0 Å². The van der Waals surface area contributed by atoms with Gasteiger partial charge in [0.25, 0.3) is 0 Å². The number of nitrogens with one attached hydrogen (secondary N) is 1. The second-order valence-corrected chi connectivity index (χ2v) is 5.58. The zero-order valence-electron chi connectivity index (χ0n) is 9.94. The Morgan fingerprint density at radius 1 is 1.10 bits per heavy atom. The Bertz CT molecular complexity index is 736. The standard InChI is InChI=1S/C13H7BrCl2N4/c14-8-3-1-2-7(6-8)9-10(15)19-13(20-11(9)16)12-17-4-5-18-12/h1-6H,(H,17,18). The number of imidazole rings is 1. The number of rotatable bonds is 2. The summed E-state index contributed by atoms with van der Waals surface area (Å²) in [7, 11) is 0. The molecule has 0 saturated carbocycles. The predicted octanol–water partition coefficient (Wildman–Crippen LogP) is 4.60. The smallest absolute Gasteiger partial charge is 0.198 e. The van der Waals surface area contributed by atoms with E-state index in [4.69, 9.17) is 23.2 Å². The molecule has 7 heteroatoms. The lowest BCUT2D eigenvalue weighted by Crippen LogP contribution is -1.95. The predicted molar refractivity (Wildman–Crippen MR) is 82.8 cm³/mol. The summed E-state index contributed by atoms with van der Waals surface area (Å²) in [5.74, 6) is 0.887. The Balaban J connectivity index is 2.14. The topological polar surface area (TPSA) is 54.5 Å². The molecule has 0 spiro atoms. The van der Waals surface area contributed by atoms with E-state index in [2.05, 4.69) is 35.9 Å². The highest BCUT2D eigenvalue weighted by atomic mass is 79.9. The minimum absolute atomic E-state index is 0.287. The van der Waals surface area contributed by atoms with Gasteiger partial charge in [-0.25, -0.2) is 15.0 Å². The second kappa shape index (κ2) is 5.52. The SMILES string of the molecule is Clc1nc(-c2ncc[nH]2)nc(Cl)c1-c1cccc(Br)c1. The van der Waals surface area contributed by atoms with Gasteiger partial charge in [-0.2, -0.15) is 0 Å². The molecule has 3 rings (SSSR count). The van der Waals surface area contributed by atoms with E-state index in [1.54, 1.807) is 12.4 Å². The first-order valence-electron chi connectivity index (χ1n) is 5.64. The molecule has 3 aromatic rings. The number of aromatic amines is 1. The molecule has 0 unspecified atom stereocenters. The Hall–Kier alpha value is -1.43. The average molecular weight is 370 g/mol. The maximum Gasteiger partial charge on any atom is 0.198 e. The third-order valence-corrected chi connectivity index (χ3v) is 3.68. The number of nitrogens with zero attached hydrogens (tertiary/aromatic N) is 3. The summed E-state index contributed by atoms with van der Waals surface area (Å²) < 4.78 is 0.928. The van der Waals surface area contributed by atoms with Crippen molar-refractivity contribution < 1.29 is 0 Å². The van der Waals surface area contributed by atoms with Gasteiger partial charge in [0, 0.05) is 16.9 Å². The lowest BCUT2D eigenvalue weighted by molar-refractivity contribution is 1.12. The highest BCUT2D eigenvalue weighted by Gasteiger charge is 2.15. The van der Waals surface area contributed by atoms with E-state index in [0.29, 0.717) is 17.2 Å². The molecule has 2 heterocycles. The van der Waals surface area contributed by atoms with Crippen LogP contribution in [0.15, 0.2) is 41.1 Å². The molecule has 0 amide bonds. The summed E-state index contributed by atoms with van der Waals surface area (Å²) in [6.07, 6.45) is 3.30. The van der Waals surface area contributed by atoms with Gasteiger partial charge in [0.2, 0.25) is 0 Å². The van der Waals surface area contributed by atoms with Crippen LogP contribution < -0.4 is 0 Å². The number of hydrogen-bond donors (Lipinski definition) is 1. The quantitative estimate of drug-likeness (QED) is 0.671. The van der Waals surface area contributed by atoms with E-state index in [1.165, 1.54) is 0 Å². The zero-order chi connectivity index (χ0) is 14.1. The molecule has 0 bridgehead atoms. The summed E-state index contributed by atoms with van der Waals surface area (Å²) >= 11 is 15.9. The summed E-state index contributed by atoms with van der Waals surface area (Å²) in [5.41, 5.74) is 1.45. The van der Waals surface area contributed by atoms with E-state index in [1.807, 2.05) is 24.3 Å². The third kappa shape index (κ3) is 2.57. The number of aromatic nitrogens is 4. The Morgan fingerprint density at radius 3 is 2.45 bits per heavy atom. The molecule has 4 nitrogen and oxygen atoms in total. The van der Waals surface area contributed by atoms with E-state index in [0.717, 1.165) is 10.0 Å². The van der Waals surface area contributed by atoms with Crippen LogP contribution in [0.2, 0.25) is 10.3 Å². The zero-order valence-corrected chi connectivity index (χ0v) is 13.0. The molecular weight excluding hydrogens is 363 g/mol. The van der Waals surface area contributed by atoms with Gasteiger partial charge in [0.15, 0.2) is 11.6 Å². The lowest BCUT2D eigenvalue weighted by atomic mass is 10.1. The number of halogens is 3. The van der Waals surface area contributed by atoms with Crippen LogP contribution in [0.4, 0.5) is 0 Å². The maximum atomic E-state index is 6.25. The molecule has 0 aliphatic carbocycles. The number of H-pyrrole nitrogens is 1. The third-order valence-electron chi connectivity index (χ3n) is 2.64. The fraction of sp³-hybridized carbons (Fsp3) is 0. The summed E-state index contributed by atoms with van der Waals surface area (Å²) in [4.78, 5) is 15.5. The molecule has 1 N–H and O–H groups in total. The molecule has 2 aromatic heterocycles. The first kappa shape index (κ1) is 13.5. The van der Waals surface area contributed by atoms with Gasteiger partial charge >= 0.3 is 0 Å². The normalized spacial score (nSPS) is 10.8. The van der Waals surface area contributed by atoms with Crippen LogP contribution in [0.25, 0.3) is 22.8 Å². The van der Waals surface area contributed by atoms with E-state index >= 15 is 0 Å². The highest BCUT2D eigenvalue weighted by molar-refractivity contribution is 9.10. The van der Waals surface area contributed by atoms with Crippen LogP contribution in [-0.2, 0) is 0 Å². The Kier molecular flexibility index (Phi) is 3.74. The fourth-order valence-electron chi connectivity index (χ4n) is 1.78. The number of benzene rings is 1. The molecule has 0 fully saturated rings. The maximum absolute atomic E-state index is 6.25. The molecule has 100 valence electrons. The monoisotopic (exact) mass is 368 g/mol. The van der Waals surface area contributed by atoms with Crippen LogP contribution in [0.5, 0.6) is 0 Å². The molecule has 0 aliphatic rings. The highest BCUT2D eigenvalue weighted by Crippen LogP contribution is 2.34. The van der Waals surface area contributed by atoms with Gasteiger partial charge in [-0.05, 0) is 17.7 Å². The van der Waals surface area contributed by atoms with Crippen molar-refractivity contribution >= 4 is 39.1 Å². The van der Waals surface area contributed by atoms with Gasteiger partial charge in [0.1, 0.15) is 10.3 Å². The average Bonchev–Trinajstić information content (AvgIpc) is 2.91. The number of hydrogen-bond acceptors (Lipinski definition) is 3. The largest absolute Gasteiger partial charge is 0.342 e. The van der Waals surface area contributed by atoms with Crippen molar-refractivity contribution in [2.24, 2.45) is 0 Å². The molecule has 0 atom stereocenters. The van der Waals surface area contributed by atoms with Gasteiger partial charge in [-0.3, -0.25) is 0 Å². The molecule has 1 aromatic carbocycles. The Morgan fingerprint density at radius 2 is 1.85 bits per heavy atom. The van der Waals surface area contributed by atoms with Gasteiger partial charge in [-0.1, -0.05) is 51.3 Å². The van der Waals surface area contributed by atoms with Crippen molar-refractivity contribution in [1.82, 2.24) is 19.9 Å². The van der Waals surface area contributed by atoms with Crippen molar-refractivity contribution in [2.75, 3.05) is 0 Å². The van der Waals surface area contributed by atoms with Crippen molar-refractivity contribution in [3.05, 3.63) is 51.4 Å². The van der Waals surface area contributed by atoms with E-state index in [-0.39, 0.29) is 10.3 Å². The summed E-state index contributed by atoms with van der Waals surface area (Å²) in [5, 5.41) is 0.573. The lowest BCUT2D eigenvalue weighted by Gasteiger charge is -2.08. The first-order chi connectivity index (χ1) is 9.65. The van der Waals surface area contributed by atoms with Crippen LogP contribution in [-0.4, -0.2) is 19.9 Å². The fourth-order valence-corrected chi connectivity index (χ4v) is 2.79. The summed E-state index contributed by atoms with van der Waals surface area (Å²) in [6.45, 7) is 0. The minimum Gasteiger partial charge on any atom is -0.342 e. The van der Waals surface area contributed by atoms with Gasteiger partial charge in [0.05, 0.1) is 5.56 Å². The van der Waals surface area contributed by atoms with E-state index < -0.39 is 0 Å². The van der Waals surface area contributed by atoms with Crippen LogP contribution in [0.1, 0.15) is 0 Å². The molecular formula is C13H7BrCl2N4. The molecule has 20 heavy (non-hydrogen) atoms. The molecule has 0 aliphatic heterocycles. The van der Waals surface area contributed by atoms with Crippen LogP contribution in [0, 0.1) is 0 Å². The van der Waals surface area contributed by atoms with Crippen molar-refractivity contribution in [1.29, 1.82) is 0 Å². The van der Waals surface area contributed by atoms with Gasteiger partial charge in [-0.15, -0.1) is 0 Å². The van der Waals surface area contributed by atoms with Crippen molar-refractivity contribution in [2.45, 2.75) is 0 Å². The Labute approximate surface area is 133 Å².